The summed E-state index contributed by atoms with van der Waals surface area (Å²) in [6.45, 7) is 7.23. The Bertz CT molecular complexity index is 1030. The quantitative estimate of drug-likeness (QED) is 0.568. The van der Waals surface area contributed by atoms with E-state index >= 15 is 0 Å². The van der Waals surface area contributed by atoms with Crippen molar-refractivity contribution in [3.05, 3.63) is 35.7 Å². The van der Waals surface area contributed by atoms with Gasteiger partial charge >= 0.3 is 5.97 Å². The predicted octanol–water partition coefficient (Wildman–Crippen LogP) is 2.75. The summed E-state index contributed by atoms with van der Waals surface area (Å²) in [4.78, 5) is 22.4. The van der Waals surface area contributed by atoms with Crippen molar-refractivity contribution in [2.75, 3.05) is 53.2 Å². The van der Waals surface area contributed by atoms with Crippen molar-refractivity contribution in [3.63, 3.8) is 0 Å². The first kappa shape index (κ1) is 20.6. The van der Waals surface area contributed by atoms with Gasteiger partial charge in [-0.25, -0.2) is 9.78 Å². The van der Waals surface area contributed by atoms with Crippen LogP contribution in [0.2, 0.25) is 0 Å². The van der Waals surface area contributed by atoms with E-state index in [1.165, 1.54) is 0 Å². The number of esters is 1. The van der Waals surface area contributed by atoms with E-state index in [0.29, 0.717) is 18.8 Å². The van der Waals surface area contributed by atoms with Crippen LogP contribution in [0.4, 0.5) is 0 Å². The molecule has 2 aromatic heterocycles. The third-order valence-electron chi connectivity index (χ3n) is 5.25. The Morgan fingerprint density at radius 3 is 2.87 bits per heavy atom. The van der Waals surface area contributed by atoms with E-state index in [2.05, 4.69) is 14.9 Å². The monoisotopic (exact) mass is 413 g/mol. The molecule has 8 heteroatoms. The van der Waals surface area contributed by atoms with Crippen LogP contribution in [0.1, 0.15) is 23.0 Å². The highest BCUT2D eigenvalue weighted by Crippen LogP contribution is 2.32. The highest BCUT2D eigenvalue weighted by molar-refractivity contribution is 6.11. The van der Waals surface area contributed by atoms with Gasteiger partial charge in [0.2, 0.25) is 0 Å². The minimum Gasteiger partial charge on any atom is -0.492 e. The highest BCUT2D eigenvalue weighted by atomic mass is 16.5. The van der Waals surface area contributed by atoms with Crippen molar-refractivity contribution < 1.29 is 23.7 Å². The van der Waals surface area contributed by atoms with Gasteiger partial charge in [-0.2, -0.15) is 0 Å². The second kappa shape index (κ2) is 9.42. The zero-order chi connectivity index (χ0) is 20.9. The number of nitrogens with one attached hydrogen (secondary N) is 1. The van der Waals surface area contributed by atoms with Crippen LogP contribution >= 0.6 is 0 Å². The number of aromatic nitrogens is 2. The van der Waals surface area contributed by atoms with Crippen LogP contribution in [-0.2, 0) is 20.8 Å². The molecule has 1 N–H and O–H groups in total. The van der Waals surface area contributed by atoms with Gasteiger partial charge in [-0.15, -0.1) is 0 Å². The first-order valence-corrected chi connectivity index (χ1v) is 10.2. The largest absolute Gasteiger partial charge is 0.492 e. The first-order chi connectivity index (χ1) is 14.7. The zero-order valence-electron chi connectivity index (χ0n) is 17.4. The lowest BCUT2D eigenvalue weighted by Crippen LogP contribution is -2.38. The number of morpholine rings is 1. The fourth-order valence-electron chi connectivity index (χ4n) is 3.81. The van der Waals surface area contributed by atoms with Crippen LogP contribution in [0.25, 0.3) is 21.8 Å². The van der Waals surface area contributed by atoms with Crippen molar-refractivity contribution in [2.24, 2.45) is 0 Å². The van der Waals surface area contributed by atoms with E-state index < -0.39 is 5.97 Å². The number of benzene rings is 1. The van der Waals surface area contributed by atoms with Gasteiger partial charge in [-0.05, 0) is 25.1 Å². The topological polar surface area (TPSA) is 85.9 Å². The van der Waals surface area contributed by atoms with Crippen LogP contribution in [0, 0.1) is 0 Å². The summed E-state index contributed by atoms with van der Waals surface area (Å²) in [6, 6.07) is 5.94. The number of ether oxygens (including phenoxy) is 4. The predicted molar refractivity (Wildman–Crippen MR) is 113 cm³/mol. The van der Waals surface area contributed by atoms with Crippen LogP contribution in [0.3, 0.4) is 0 Å². The molecule has 0 saturated carbocycles. The van der Waals surface area contributed by atoms with Gasteiger partial charge in [0.05, 0.1) is 38.1 Å². The minimum absolute atomic E-state index is 0.257. The van der Waals surface area contributed by atoms with Crippen molar-refractivity contribution in [1.29, 1.82) is 0 Å². The molecule has 1 fully saturated rings. The summed E-state index contributed by atoms with van der Waals surface area (Å²) in [5.41, 5.74) is 2.79. The second-order valence-electron chi connectivity index (χ2n) is 7.16. The molecule has 0 atom stereocenters. The standard InChI is InChI=1S/C22H27N3O5/c1-3-29-22(26)21-17(14-27-2)20-16-12-15(4-5-18(16)24-19(20)13-23-21)30-11-8-25-6-9-28-10-7-25/h4-5,12-13,24H,3,6-11,14H2,1-2H3. The summed E-state index contributed by atoms with van der Waals surface area (Å²) in [7, 11) is 1.60. The van der Waals surface area contributed by atoms with Crippen molar-refractivity contribution in [3.8, 4) is 5.75 Å². The number of hydrogen-bond acceptors (Lipinski definition) is 7. The van der Waals surface area contributed by atoms with Gasteiger partial charge in [-0.3, -0.25) is 4.90 Å². The lowest BCUT2D eigenvalue weighted by molar-refractivity contribution is 0.0322. The van der Waals surface area contributed by atoms with Gasteiger partial charge in [0, 0.05) is 48.6 Å². The van der Waals surface area contributed by atoms with E-state index in [4.69, 9.17) is 18.9 Å². The van der Waals surface area contributed by atoms with E-state index in [-0.39, 0.29) is 12.3 Å². The number of nitrogens with zero attached hydrogens (tertiary/aromatic N) is 2. The van der Waals surface area contributed by atoms with Crippen LogP contribution < -0.4 is 4.74 Å². The second-order valence-corrected chi connectivity index (χ2v) is 7.16. The van der Waals surface area contributed by atoms with Gasteiger partial charge in [0.15, 0.2) is 5.69 Å². The number of hydrogen-bond donors (Lipinski definition) is 1. The number of carbonyl (C=O) groups excluding carboxylic acids is 1. The maximum absolute atomic E-state index is 12.4. The molecule has 1 aliphatic rings. The Kier molecular flexibility index (Phi) is 6.47. The summed E-state index contributed by atoms with van der Waals surface area (Å²) < 4.78 is 22.0. The van der Waals surface area contributed by atoms with E-state index in [0.717, 1.165) is 60.4 Å². The normalized spacial score (nSPS) is 15.0. The fraction of sp³-hybridized carbons (Fsp3) is 0.455. The Morgan fingerprint density at radius 2 is 2.10 bits per heavy atom. The Hall–Kier alpha value is -2.68. The summed E-state index contributed by atoms with van der Waals surface area (Å²) in [6.07, 6.45) is 1.67. The Morgan fingerprint density at radius 1 is 1.27 bits per heavy atom. The third kappa shape index (κ3) is 4.26. The minimum atomic E-state index is -0.446. The summed E-state index contributed by atoms with van der Waals surface area (Å²) in [5.74, 6) is 0.341. The molecular formula is C22H27N3O5. The Balaban J connectivity index is 1.64. The smallest absolute Gasteiger partial charge is 0.357 e. The fourth-order valence-corrected chi connectivity index (χ4v) is 3.81. The number of aromatic amines is 1. The van der Waals surface area contributed by atoms with E-state index in [1.54, 1.807) is 20.2 Å². The first-order valence-electron chi connectivity index (χ1n) is 10.2. The molecule has 30 heavy (non-hydrogen) atoms. The molecule has 1 saturated heterocycles. The third-order valence-corrected chi connectivity index (χ3v) is 5.25. The van der Waals surface area contributed by atoms with Gasteiger partial charge in [-0.1, -0.05) is 0 Å². The molecule has 0 amide bonds. The molecule has 8 nitrogen and oxygen atoms in total. The number of fused-ring (bicyclic) bond motifs is 3. The molecule has 1 aromatic carbocycles. The van der Waals surface area contributed by atoms with Gasteiger partial charge in [0.1, 0.15) is 12.4 Å². The number of methoxy groups -OCH3 is 1. The molecule has 4 rings (SSSR count). The lowest BCUT2D eigenvalue weighted by atomic mass is 10.1. The number of rotatable bonds is 8. The molecule has 0 aliphatic carbocycles. The van der Waals surface area contributed by atoms with E-state index in [1.807, 2.05) is 18.2 Å². The molecule has 1 aliphatic heterocycles. The van der Waals surface area contributed by atoms with Crippen LogP contribution in [0.5, 0.6) is 5.75 Å². The summed E-state index contributed by atoms with van der Waals surface area (Å²) in [5, 5.41) is 1.87. The highest BCUT2D eigenvalue weighted by Gasteiger charge is 2.20. The molecule has 3 aromatic rings. The SMILES string of the molecule is CCOC(=O)c1ncc2[nH]c3ccc(OCCN4CCOCC4)cc3c2c1COC. The van der Waals surface area contributed by atoms with E-state index in [9.17, 15) is 4.79 Å². The van der Waals surface area contributed by atoms with Crippen molar-refractivity contribution in [1.82, 2.24) is 14.9 Å². The molecular weight excluding hydrogens is 386 g/mol. The van der Waals surface area contributed by atoms with Gasteiger partial charge in [0.25, 0.3) is 0 Å². The molecule has 0 unspecified atom stereocenters. The van der Waals surface area contributed by atoms with Crippen LogP contribution in [-0.4, -0.2) is 74.0 Å². The molecule has 0 spiro atoms. The molecule has 3 heterocycles. The maximum atomic E-state index is 12.4. The maximum Gasteiger partial charge on any atom is 0.357 e. The van der Waals surface area contributed by atoms with Crippen molar-refractivity contribution >= 4 is 27.8 Å². The molecule has 0 radical (unpaired) electrons. The number of carbonyl (C=O) groups is 1. The zero-order valence-corrected chi connectivity index (χ0v) is 17.4. The van der Waals surface area contributed by atoms with Crippen LogP contribution in [0.15, 0.2) is 24.4 Å². The molecule has 0 bridgehead atoms. The molecule has 160 valence electrons. The summed E-state index contributed by atoms with van der Waals surface area (Å²) >= 11 is 0. The average Bonchev–Trinajstić information content (AvgIpc) is 3.13. The number of H-pyrrole nitrogens is 1. The number of pyridine rings is 1. The lowest BCUT2D eigenvalue weighted by Gasteiger charge is -2.26. The Labute approximate surface area is 175 Å². The van der Waals surface area contributed by atoms with Crippen molar-refractivity contribution in [2.45, 2.75) is 13.5 Å². The average molecular weight is 413 g/mol. The van der Waals surface area contributed by atoms with Gasteiger partial charge < -0.3 is 23.9 Å².